The summed E-state index contributed by atoms with van der Waals surface area (Å²) in [5.74, 6) is 1.17. The van der Waals surface area contributed by atoms with Crippen LogP contribution in [0.4, 0.5) is 0 Å². The summed E-state index contributed by atoms with van der Waals surface area (Å²) in [5, 5.41) is 18.7. The summed E-state index contributed by atoms with van der Waals surface area (Å²) in [4.78, 5) is 0. The Morgan fingerprint density at radius 2 is 2.29 bits per heavy atom. The maximum Gasteiger partial charge on any atom is 0.123 e. The monoisotopic (exact) mass is 194 g/mol. The first-order chi connectivity index (χ1) is 6.74. The fourth-order valence-electron chi connectivity index (χ4n) is 1.93. The Hall–Kier alpha value is -1.22. The fourth-order valence-corrected chi connectivity index (χ4v) is 1.93. The van der Waals surface area contributed by atoms with E-state index in [1.54, 1.807) is 0 Å². The first kappa shape index (κ1) is 9.34. The van der Waals surface area contributed by atoms with Gasteiger partial charge in [-0.05, 0) is 25.0 Å². The van der Waals surface area contributed by atoms with E-state index < -0.39 is 0 Å². The zero-order chi connectivity index (χ0) is 10.1. The minimum Gasteiger partial charge on any atom is -0.507 e. The van der Waals surface area contributed by atoms with Gasteiger partial charge in [-0.1, -0.05) is 0 Å². The van der Waals surface area contributed by atoms with E-state index in [2.05, 4.69) is 0 Å². The molecule has 0 spiro atoms. The number of aromatic hydroxyl groups is 1. The van der Waals surface area contributed by atoms with Crippen molar-refractivity contribution in [2.75, 3.05) is 13.2 Å². The Morgan fingerprint density at radius 1 is 1.50 bits per heavy atom. The minimum absolute atomic E-state index is 0.0590. The molecule has 14 heavy (non-hydrogen) atoms. The number of phenolic OH excluding ortho intramolecular Hbond substituents is 1. The van der Waals surface area contributed by atoms with Crippen molar-refractivity contribution in [3.63, 3.8) is 0 Å². The van der Waals surface area contributed by atoms with Gasteiger partial charge >= 0.3 is 0 Å². The molecule has 0 bridgehead atoms. The van der Waals surface area contributed by atoms with E-state index in [4.69, 9.17) is 9.84 Å². The Balaban J connectivity index is 2.54. The maximum absolute atomic E-state index is 9.83. The number of phenols is 1. The highest BCUT2D eigenvalue weighted by Crippen LogP contribution is 2.36. The molecule has 0 saturated heterocycles. The van der Waals surface area contributed by atoms with Gasteiger partial charge in [0, 0.05) is 24.2 Å². The molecular formula is C11H14O3. The molecule has 1 aliphatic heterocycles. The summed E-state index contributed by atoms with van der Waals surface area (Å²) in [7, 11) is 0. The van der Waals surface area contributed by atoms with E-state index in [0.717, 1.165) is 28.9 Å². The largest absolute Gasteiger partial charge is 0.507 e. The Morgan fingerprint density at radius 3 is 3.00 bits per heavy atom. The van der Waals surface area contributed by atoms with Crippen molar-refractivity contribution in [3.8, 4) is 11.5 Å². The Labute approximate surface area is 83.0 Å². The van der Waals surface area contributed by atoms with Crippen LogP contribution in [0.5, 0.6) is 11.5 Å². The topological polar surface area (TPSA) is 49.7 Å². The van der Waals surface area contributed by atoms with Crippen LogP contribution in [0.3, 0.4) is 0 Å². The molecule has 0 amide bonds. The van der Waals surface area contributed by atoms with Crippen molar-refractivity contribution in [3.05, 3.63) is 22.8 Å². The van der Waals surface area contributed by atoms with E-state index >= 15 is 0 Å². The van der Waals surface area contributed by atoms with E-state index in [1.165, 1.54) is 0 Å². The van der Waals surface area contributed by atoms with Crippen LogP contribution in [-0.4, -0.2) is 23.4 Å². The number of ether oxygens (including phenoxy) is 1. The first-order valence-corrected chi connectivity index (χ1v) is 4.82. The van der Waals surface area contributed by atoms with Crippen LogP contribution >= 0.6 is 0 Å². The van der Waals surface area contributed by atoms with Gasteiger partial charge in [0.15, 0.2) is 0 Å². The summed E-state index contributed by atoms with van der Waals surface area (Å²) in [6.45, 7) is 2.58. The number of fused-ring (bicyclic) bond motifs is 1. The van der Waals surface area contributed by atoms with Crippen molar-refractivity contribution in [2.45, 2.75) is 19.8 Å². The van der Waals surface area contributed by atoms with Crippen molar-refractivity contribution in [1.29, 1.82) is 0 Å². The number of hydrogen-bond donors (Lipinski definition) is 2. The number of aliphatic hydroxyl groups is 1. The van der Waals surface area contributed by atoms with Gasteiger partial charge in [-0.25, -0.2) is 0 Å². The van der Waals surface area contributed by atoms with E-state index in [0.29, 0.717) is 18.8 Å². The normalized spacial score (nSPS) is 13.9. The molecule has 2 rings (SSSR count). The molecule has 0 atom stereocenters. The second-order valence-electron chi connectivity index (χ2n) is 3.57. The Bertz CT molecular complexity index is 358. The third-order valence-electron chi connectivity index (χ3n) is 2.64. The standard InChI is InChI=1S/C11H14O3/c1-7-6-10-8(3-5-14-10)9(2-4-12)11(7)13/h6,12-13H,2-5H2,1H3. The number of rotatable bonds is 2. The third-order valence-corrected chi connectivity index (χ3v) is 2.64. The molecule has 1 aromatic carbocycles. The summed E-state index contributed by atoms with van der Waals surface area (Å²) in [6.07, 6.45) is 1.33. The highest BCUT2D eigenvalue weighted by Gasteiger charge is 2.20. The van der Waals surface area contributed by atoms with Gasteiger partial charge in [0.1, 0.15) is 11.5 Å². The highest BCUT2D eigenvalue weighted by molar-refractivity contribution is 5.54. The SMILES string of the molecule is Cc1cc2c(c(CCO)c1O)CCO2. The number of aryl methyl sites for hydroxylation is 1. The van der Waals surface area contributed by atoms with Gasteiger partial charge in [-0.3, -0.25) is 0 Å². The predicted molar refractivity (Wildman–Crippen MR) is 52.8 cm³/mol. The van der Waals surface area contributed by atoms with Crippen LogP contribution in [0.1, 0.15) is 16.7 Å². The first-order valence-electron chi connectivity index (χ1n) is 4.82. The smallest absolute Gasteiger partial charge is 0.123 e. The lowest BCUT2D eigenvalue weighted by molar-refractivity contribution is 0.297. The van der Waals surface area contributed by atoms with E-state index in [1.807, 2.05) is 13.0 Å². The molecule has 0 fully saturated rings. The summed E-state index contributed by atoms with van der Waals surface area (Å²) >= 11 is 0. The number of benzene rings is 1. The average molecular weight is 194 g/mol. The van der Waals surface area contributed by atoms with Gasteiger partial charge < -0.3 is 14.9 Å². The average Bonchev–Trinajstić information content (AvgIpc) is 2.60. The van der Waals surface area contributed by atoms with Crippen LogP contribution in [0.2, 0.25) is 0 Å². The van der Waals surface area contributed by atoms with Crippen LogP contribution in [0.15, 0.2) is 6.07 Å². The lowest BCUT2D eigenvalue weighted by atomic mass is 9.98. The summed E-state index contributed by atoms with van der Waals surface area (Å²) < 4.78 is 5.43. The molecule has 3 heteroatoms. The molecule has 76 valence electrons. The van der Waals surface area contributed by atoms with Crippen molar-refractivity contribution in [1.82, 2.24) is 0 Å². The van der Waals surface area contributed by atoms with Gasteiger partial charge in [-0.15, -0.1) is 0 Å². The molecule has 1 aromatic rings. The highest BCUT2D eigenvalue weighted by atomic mass is 16.5. The lowest BCUT2D eigenvalue weighted by Gasteiger charge is -2.10. The lowest BCUT2D eigenvalue weighted by Crippen LogP contribution is -1.97. The molecule has 0 saturated carbocycles. The molecule has 2 N–H and O–H groups in total. The van der Waals surface area contributed by atoms with Gasteiger partial charge in [0.25, 0.3) is 0 Å². The van der Waals surface area contributed by atoms with Crippen LogP contribution in [0.25, 0.3) is 0 Å². The molecule has 1 heterocycles. The number of aliphatic hydroxyl groups excluding tert-OH is 1. The number of hydrogen-bond acceptors (Lipinski definition) is 3. The molecule has 0 radical (unpaired) electrons. The summed E-state index contributed by atoms with van der Waals surface area (Å²) in [5.41, 5.74) is 2.72. The molecule has 0 unspecified atom stereocenters. The Kier molecular flexibility index (Phi) is 2.33. The minimum atomic E-state index is 0.0590. The van der Waals surface area contributed by atoms with Crippen molar-refractivity contribution in [2.24, 2.45) is 0 Å². The third kappa shape index (κ3) is 1.34. The van der Waals surface area contributed by atoms with Crippen molar-refractivity contribution >= 4 is 0 Å². The maximum atomic E-state index is 9.83. The van der Waals surface area contributed by atoms with E-state index in [9.17, 15) is 5.11 Å². The predicted octanol–water partition coefficient (Wildman–Crippen LogP) is 1.17. The fraction of sp³-hybridized carbons (Fsp3) is 0.455. The van der Waals surface area contributed by atoms with Crippen LogP contribution in [-0.2, 0) is 12.8 Å². The second-order valence-corrected chi connectivity index (χ2v) is 3.57. The molecular weight excluding hydrogens is 180 g/mol. The van der Waals surface area contributed by atoms with Gasteiger partial charge in [0.2, 0.25) is 0 Å². The zero-order valence-electron chi connectivity index (χ0n) is 8.21. The molecule has 1 aliphatic rings. The van der Waals surface area contributed by atoms with Gasteiger partial charge in [-0.2, -0.15) is 0 Å². The quantitative estimate of drug-likeness (QED) is 0.743. The zero-order valence-corrected chi connectivity index (χ0v) is 8.21. The van der Waals surface area contributed by atoms with Crippen LogP contribution in [0, 0.1) is 6.92 Å². The van der Waals surface area contributed by atoms with Gasteiger partial charge in [0.05, 0.1) is 6.61 Å². The molecule has 0 aliphatic carbocycles. The van der Waals surface area contributed by atoms with Crippen molar-refractivity contribution < 1.29 is 14.9 Å². The van der Waals surface area contributed by atoms with Crippen LogP contribution < -0.4 is 4.74 Å². The summed E-state index contributed by atoms with van der Waals surface area (Å²) in [6, 6.07) is 1.86. The molecule has 0 aromatic heterocycles. The van der Waals surface area contributed by atoms with E-state index in [-0.39, 0.29) is 6.61 Å². The molecule has 3 nitrogen and oxygen atoms in total. The second kappa shape index (κ2) is 3.50.